The summed E-state index contributed by atoms with van der Waals surface area (Å²) in [5, 5.41) is 1.85. The second-order valence-electron chi connectivity index (χ2n) is 7.02. The van der Waals surface area contributed by atoms with Crippen molar-refractivity contribution in [3.63, 3.8) is 0 Å². The van der Waals surface area contributed by atoms with Gasteiger partial charge in [-0.25, -0.2) is 4.79 Å². The SMILES string of the molecule is COC(=O)CCn1c(C)cc(C(=O)COC(=O)c2csc3c2CCCC3)c1C. The van der Waals surface area contributed by atoms with Gasteiger partial charge in [0, 0.05) is 33.8 Å². The Bertz CT molecular complexity index is 908. The molecule has 2 aromatic rings. The highest BCUT2D eigenvalue weighted by atomic mass is 32.1. The molecule has 0 amide bonds. The monoisotopic (exact) mass is 403 g/mol. The fraction of sp³-hybridized carbons (Fsp3) is 0.476. The molecule has 7 heteroatoms. The predicted molar refractivity (Wildman–Crippen MR) is 106 cm³/mol. The molecule has 0 fully saturated rings. The number of nitrogens with zero attached hydrogens (tertiary/aromatic N) is 1. The number of hydrogen-bond donors (Lipinski definition) is 0. The predicted octanol–water partition coefficient (Wildman–Crippen LogP) is 3.65. The van der Waals surface area contributed by atoms with Crippen molar-refractivity contribution in [2.75, 3.05) is 13.7 Å². The lowest BCUT2D eigenvalue weighted by Gasteiger charge is -2.12. The number of Topliss-reactive ketones (excluding diaryl/α,β-unsaturated/α-hetero) is 1. The van der Waals surface area contributed by atoms with Crippen LogP contribution in [-0.2, 0) is 33.7 Å². The van der Waals surface area contributed by atoms with Crippen molar-refractivity contribution >= 4 is 29.1 Å². The van der Waals surface area contributed by atoms with Crippen LogP contribution in [0.1, 0.15) is 61.8 Å². The Hall–Kier alpha value is -2.41. The van der Waals surface area contributed by atoms with Crippen molar-refractivity contribution in [3.05, 3.63) is 44.4 Å². The highest BCUT2D eigenvalue weighted by molar-refractivity contribution is 7.10. The average molecular weight is 404 g/mol. The number of rotatable bonds is 7. The Morgan fingerprint density at radius 1 is 1.14 bits per heavy atom. The van der Waals surface area contributed by atoms with Gasteiger partial charge in [-0.2, -0.15) is 0 Å². The van der Waals surface area contributed by atoms with E-state index in [1.807, 2.05) is 23.8 Å². The van der Waals surface area contributed by atoms with Crippen molar-refractivity contribution in [2.45, 2.75) is 52.5 Å². The number of carbonyl (C=O) groups excluding carboxylic acids is 3. The summed E-state index contributed by atoms with van der Waals surface area (Å²) in [5.41, 5.74) is 3.85. The molecular formula is C21H25NO5S. The van der Waals surface area contributed by atoms with Gasteiger partial charge in [-0.05, 0) is 51.2 Å². The van der Waals surface area contributed by atoms with Gasteiger partial charge in [-0.3, -0.25) is 9.59 Å². The van der Waals surface area contributed by atoms with Gasteiger partial charge in [0.15, 0.2) is 6.61 Å². The fourth-order valence-corrected chi connectivity index (χ4v) is 4.80. The molecule has 1 aliphatic carbocycles. The number of aromatic nitrogens is 1. The first-order valence-electron chi connectivity index (χ1n) is 9.45. The van der Waals surface area contributed by atoms with Crippen LogP contribution in [0.3, 0.4) is 0 Å². The molecule has 0 radical (unpaired) electrons. The van der Waals surface area contributed by atoms with Crippen molar-refractivity contribution < 1.29 is 23.9 Å². The van der Waals surface area contributed by atoms with Gasteiger partial charge in [0.25, 0.3) is 0 Å². The number of ketones is 1. The van der Waals surface area contributed by atoms with Crippen LogP contribution in [0.2, 0.25) is 0 Å². The Balaban J connectivity index is 1.64. The molecule has 0 aromatic carbocycles. The lowest BCUT2D eigenvalue weighted by atomic mass is 9.96. The van der Waals surface area contributed by atoms with Crippen LogP contribution in [0.4, 0.5) is 0 Å². The van der Waals surface area contributed by atoms with Crippen molar-refractivity contribution in [1.82, 2.24) is 4.57 Å². The largest absolute Gasteiger partial charge is 0.469 e. The molecule has 6 nitrogen and oxygen atoms in total. The third-order valence-electron chi connectivity index (χ3n) is 5.26. The van der Waals surface area contributed by atoms with Crippen LogP contribution in [0.25, 0.3) is 0 Å². The van der Waals surface area contributed by atoms with Crippen LogP contribution in [-0.4, -0.2) is 36.0 Å². The minimum absolute atomic E-state index is 0.235. The van der Waals surface area contributed by atoms with E-state index in [1.54, 1.807) is 17.4 Å². The van der Waals surface area contributed by atoms with Crippen LogP contribution in [0.5, 0.6) is 0 Å². The van der Waals surface area contributed by atoms with Crippen LogP contribution in [0.15, 0.2) is 11.4 Å². The van der Waals surface area contributed by atoms with E-state index in [1.165, 1.54) is 12.0 Å². The lowest BCUT2D eigenvalue weighted by Crippen LogP contribution is -2.16. The standard InChI is InChI=1S/C21H25NO5S/c1-13-10-16(14(2)22(13)9-8-20(24)26-3)18(23)11-27-21(25)17-12-28-19-7-5-4-6-15(17)19/h10,12H,4-9,11H2,1-3H3. The first kappa shape index (κ1) is 20.3. The summed E-state index contributed by atoms with van der Waals surface area (Å²) in [5.74, 6) is -0.962. The Labute approximate surface area is 168 Å². The number of thiophene rings is 1. The molecule has 2 aromatic heterocycles. The van der Waals surface area contributed by atoms with E-state index >= 15 is 0 Å². The maximum atomic E-state index is 12.6. The van der Waals surface area contributed by atoms with Gasteiger partial charge in [0.2, 0.25) is 5.78 Å². The summed E-state index contributed by atoms with van der Waals surface area (Å²) < 4.78 is 11.9. The zero-order chi connectivity index (χ0) is 20.3. The van der Waals surface area contributed by atoms with E-state index in [-0.39, 0.29) is 24.8 Å². The van der Waals surface area contributed by atoms with Gasteiger partial charge in [-0.15, -0.1) is 11.3 Å². The number of ether oxygens (including phenoxy) is 2. The quantitative estimate of drug-likeness (QED) is 0.521. The van der Waals surface area contributed by atoms with Crippen molar-refractivity contribution in [3.8, 4) is 0 Å². The number of carbonyl (C=O) groups is 3. The zero-order valence-corrected chi connectivity index (χ0v) is 17.3. The molecule has 0 atom stereocenters. The summed E-state index contributed by atoms with van der Waals surface area (Å²) in [6.45, 7) is 3.86. The molecule has 28 heavy (non-hydrogen) atoms. The van der Waals surface area contributed by atoms with E-state index in [9.17, 15) is 14.4 Å². The molecule has 0 aliphatic heterocycles. The van der Waals surface area contributed by atoms with E-state index in [0.717, 1.165) is 42.6 Å². The lowest BCUT2D eigenvalue weighted by molar-refractivity contribution is -0.140. The molecule has 0 saturated carbocycles. The molecule has 1 aliphatic rings. The molecule has 0 spiro atoms. The molecule has 3 rings (SSSR count). The third-order valence-corrected chi connectivity index (χ3v) is 6.35. The topological polar surface area (TPSA) is 74.6 Å². The highest BCUT2D eigenvalue weighted by Crippen LogP contribution is 2.30. The van der Waals surface area contributed by atoms with Gasteiger partial charge in [0.05, 0.1) is 19.1 Å². The summed E-state index contributed by atoms with van der Waals surface area (Å²) >= 11 is 1.60. The summed E-state index contributed by atoms with van der Waals surface area (Å²) in [6.07, 6.45) is 4.40. The summed E-state index contributed by atoms with van der Waals surface area (Å²) in [7, 11) is 1.35. The van der Waals surface area contributed by atoms with Gasteiger partial charge in [-0.1, -0.05) is 0 Å². The van der Waals surface area contributed by atoms with E-state index < -0.39 is 5.97 Å². The summed E-state index contributed by atoms with van der Waals surface area (Å²) in [4.78, 5) is 37.7. The van der Waals surface area contributed by atoms with Gasteiger partial charge in [0.1, 0.15) is 0 Å². The maximum absolute atomic E-state index is 12.6. The molecule has 0 saturated heterocycles. The zero-order valence-electron chi connectivity index (χ0n) is 16.5. The first-order valence-corrected chi connectivity index (χ1v) is 10.3. The van der Waals surface area contributed by atoms with Crippen molar-refractivity contribution in [1.29, 1.82) is 0 Å². The van der Waals surface area contributed by atoms with E-state index in [0.29, 0.717) is 17.7 Å². The molecule has 0 N–H and O–H groups in total. The number of aryl methyl sites for hydroxylation is 2. The minimum atomic E-state index is -0.424. The molecule has 2 heterocycles. The Morgan fingerprint density at radius 2 is 1.89 bits per heavy atom. The number of fused-ring (bicyclic) bond motifs is 1. The third kappa shape index (κ3) is 4.19. The number of hydrogen-bond acceptors (Lipinski definition) is 6. The summed E-state index contributed by atoms with van der Waals surface area (Å²) in [6, 6.07) is 1.77. The highest BCUT2D eigenvalue weighted by Gasteiger charge is 2.23. The van der Waals surface area contributed by atoms with Crippen molar-refractivity contribution in [2.24, 2.45) is 0 Å². The number of methoxy groups -OCH3 is 1. The second-order valence-corrected chi connectivity index (χ2v) is 7.98. The Morgan fingerprint density at radius 3 is 2.64 bits per heavy atom. The smallest absolute Gasteiger partial charge is 0.339 e. The Kier molecular flexibility index (Phi) is 6.34. The fourth-order valence-electron chi connectivity index (χ4n) is 3.68. The average Bonchev–Trinajstić information content (AvgIpc) is 3.25. The molecule has 0 bridgehead atoms. The molecule has 0 unspecified atom stereocenters. The van der Waals surface area contributed by atoms with Crippen LogP contribution < -0.4 is 0 Å². The first-order chi connectivity index (χ1) is 13.4. The van der Waals surface area contributed by atoms with E-state index in [2.05, 4.69) is 4.74 Å². The van der Waals surface area contributed by atoms with Crippen LogP contribution in [0, 0.1) is 13.8 Å². The molecule has 150 valence electrons. The second kappa shape index (κ2) is 8.73. The van der Waals surface area contributed by atoms with Gasteiger partial charge >= 0.3 is 11.9 Å². The number of esters is 2. The van der Waals surface area contributed by atoms with E-state index in [4.69, 9.17) is 4.74 Å². The molecular weight excluding hydrogens is 378 g/mol. The minimum Gasteiger partial charge on any atom is -0.469 e. The van der Waals surface area contributed by atoms with Crippen LogP contribution >= 0.6 is 11.3 Å². The maximum Gasteiger partial charge on any atom is 0.339 e. The normalized spacial score (nSPS) is 13.1. The van der Waals surface area contributed by atoms with Gasteiger partial charge < -0.3 is 14.0 Å².